The van der Waals surface area contributed by atoms with Crippen molar-refractivity contribution in [1.29, 1.82) is 0 Å². The van der Waals surface area contributed by atoms with Gasteiger partial charge in [0.1, 0.15) is 11.3 Å². The molecule has 51 heavy (non-hydrogen) atoms. The molecule has 8 rings (SSSR count). The van der Waals surface area contributed by atoms with Gasteiger partial charge in [0.15, 0.2) is 11.5 Å². The Bertz CT molecular complexity index is 1840. The van der Waals surface area contributed by atoms with E-state index in [1.165, 1.54) is 0 Å². The number of halogens is 5. The normalized spacial score (nSPS) is 30.6. The van der Waals surface area contributed by atoms with Crippen LogP contribution in [0.1, 0.15) is 99.6 Å². The number of carbonyl (C=O) groups is 2. The average Bonchev–Trinajstić information content (AvgIpc) is 3.80. The molecule has 3 heterocycles. The van der Waals surface area contributed by atoms with Gasteiger partial charge in [-0.1, -0.05) is 13.3 Å². The maximum absolute atomic E-state index is 14.6. The minimum Gasteiger partial charge on any atom is -0.490 e. The van der Waals surface area contributed by atoms with E-state index in [2.05, 4.69) is 15.3 Å². The molecule has 4 aliphatic carbocycles. The topological polar surface area (TPSA) is 110 Å². The third-order valence-electron chi connectivity index (χ3n) is 12.1. The molecule has 2 bridgehead atoms. The second kappa shape index (κ2) is 12.4. The second-order valence-electron chi connectivity index (χ2n) is 15.6. The van der Waals surface area contributed by atoms with Gasteiger partial charge in [0, 0.05) is 41.5 Å². The molecule has 4 saturated carbocycles. The Morgan fingerprint density at radius 2 is 1.76 bits per heavy atom. The van der Waals surface area contributed by atoms with E-state index in [9.17, 15) is 36.6 Å². The molecule has 3 aromatic rings. The lowest BCUT2D eigenvalue weighted by Gasteiger charge is -2.46. The summed E-state index contributed by atoms with van der Waals surface area (Å²) in [6.45, 7) is 1.67. The standard InChI is InChI=1S/C37H42F5N5O4/c1-2-20-11-21-13-22(12-20)36(15-21,34(49)50)45-33(48)28-16-43-32(44-31(28)37(40,41)42)29-17-47(24-3-4-24)30-14-26(9-10-27(29)30)51-25-7-5-23(6-8-25)46-18-35(38,39)19-46/h9-10,14,16-17,20-25H,2-8,11-13,15,18-19H2,1H3,(H,45,48)(H,49,50). The Morgan fingerprint density at radius 1 is 1.04 bits per heavy atom. The number of carbonyl (C=O) groups excluding carboxylic acids is 1. The van der Waals surface area contributed by atoms with Crippen molar-refractivity contribution in [3.05, 3.63) is 41.9 Å². The van der Waals surface area contributed by atoms with Crippen molar-refractivity contribution in [1.82, 2.24) is 24.8 Å². The van der Waals surface area contributed by atoms with Crippen LogP contribution in [0.15, 0.2) is 30.6 Å². The second-order valence-corrected chi connectivity index (χ2v) is 15.6. The molecule has 0 radical (unpaired) electrons. The monoisotopic (exact) mass is 715 g/mol. The van der Waals surface area contributed by atoms with Gasteiger partial charge in [-0.05, 0) is 94.1 Å². The van der Waals surface area contributed by atoms with E-state index < -0.39 is 40.8 Å². The van der Waals surface area contributed by atoms with Gasteiger partial charge in [-0.15, -0.1) is 0 Å². The first-order valence-corrected chi connectivity index (χ1v) is 18.2. The molecule has 0 spiro atoms. The molecule has 5 fully saturated rings. The first-order chi connectivity index (χ1) is 24.2. The quantitative estimate of drug-likeness (QED) is 0.221. The number of hydrogen-bond donors (Lipinski definition) is 2. The minimum atomic E-state index is -5.01. The van der Waals surface area contributed by atoms with Crippen LogP contribution in [0.4, 0.5) is 22.0 Å². The number of benzene rings is 1. The smallest absolute Gasteiger partial charge is 0.434 e. The third kappa shape index (κ3) is 6.35. The summed E-state index contributed by atoms with van der Waals surface area (Å²) in [7, 11) is 0. The molecule has 4 atom stereocenters. The number of nitrogens with zero attached hydrogens (tertiary/aromatic N) is 4. The fourth-order valence-corrected chi connectivity index (χ4v) is 9.39. The maximum atomic E-state index is 14.6. The van der Waals surface area contributed by atoms with Crippen molar-refractivity contribution in [2.75, 3.05) is 13.1 Å². The van der Waals surface area contributed by atoms with Gasteiger partial charge in [0.05, 0.1) is 30.3 Å². The number of carboxylic acid groups (broad SMARTS) is 1. The Labute approximate surface area is 291 Å². The van der Waals surface area contributed by atoms with Crippen LogP contribution in [0.25, 0.3) is 22.3 Å². The zero-order valence-electron chi connectivity index (χ0n) is 28.4. The van der Waals surface area contributed by atoms with Gasteiger partial charge < -0.3 is 19.7 Å². The van der Waals surface area contributed by atoms with Gasteiger partial charge in [-0.25, -0.2) is 23.5 Å². The van der Waals surface area contributed by atoms with Gasteiger partial charge in [-0.2, -0.15) is 13.2 Å². The minimum absolute atomic E-state index is 0.0715. The van der Waals surface area contributed by atoms with Gasteiger partial charge in [0.2, 0.25) is 0 Å². The van der Waals surface area contributed by atoms with Crippen LogP contribution < -0.4 is 10.1 Å². The maximum Gasteiger partial charge on any atom is 0.434 e. The number of carboxylic acids is 1. The molecule has 5 aliphatic rings. The number of aliphatic carboxylic acids is 1. The Hall–Kier alpha value is -3.81. The Morgan fingerprint density at radius 3 is 2.41 bits per heavy atom. The number of aromatic nitrogens is 3. The van der Waals surface area contributed by atoms with E-state index >= 15 is 0 Å². The number of likely N-dealkylation sites (tertiary alicyclic amines) is 1. The van der Waals surface area contributed by atoms with Crippen molar-refractivity contribution in [2.45, 2.75) is 113 Å². The van der Waals surface area contributed by atoms with Crippen LogP contribution >= 0.6 is 0 Å². The lowest BCUT2D eigenvalue weighted by molar-refractivity contribution is -0.151. The summed E-state index contributed by atoms with van der Waals surface area (Å²) in [5, 5.41) is 13.5. The van der Waals surface area contributed by atoms with Gasteiger partial charge in [0.25, 0.3) is 11.8 Å². The highest BCUT2D eigenvalue weighted by Gasteiger charge is 2.57. The summed E-state index contributed by atoms with van der Waals surface area (Å²) in [6.07, 6.45) is 5.50. The van der Waals surface area contributed by atoms with E-state index in [1.807, 2.05) is 22.5 Å². The molecule has 1 saturated heterocycles. The number of fused-ring (bicyclic) bond motifs is 3. The summed E-state index contributed by atoms with van der Waals surface area (Å²) in [5.41, 5.74) is -2.72. The number of nitrogens with one attached hydrogen (secondary N) is 1. The first-order valence-electron chi connectivity index (χ1n) is 18.2. The third-order valence-corrected chi connectivity index (χ3v) is 12.1. The fraction of sp³-hybridized carbons (Fsp3) is 0.622. The van der Waals surface area contributed by atoms with Crippen molar-refractivity contribution in [3.8, 4) is 17.1 Å². The SMILES string of the molecule is CCC1CC2CC(C1)C(NC(=O)c1cnc(-c3cn(C4CC4)c4cc(OC5CCC(N6CC(F)(F)C6)CC5)ccc34)nc1C(F)(F)F)(C(=O)O)C2. The van der Waals surface area contributed by atoms with Crippen LogP contribution in [-0.2, 0) is 11.0 Å². The molecular formula is C37H42F5N5O4. The number of rotatable bonds is 9. The summed E-state index contributed by atoms with van der Waals surface area (Å²) in [6, 6.07) is 5.72. The van der Waals surface area contributed by atoms with Crippen LogP contribution in [0.2, 0.25) is 0 Å². The highest BCUT2D eigenvalue weighted by molar-refractivity contribution is 6.00. The average molecular weight is 716 g/mol. The van der Waals surface area contributed by atoms with E-state index in [-0.39, 0.29) is 55.4 Å². The fourth-order valence-electron chi connectivity index (χ4n) is 9.39. The molecule has 1 aromatic carbocycles. The number of alkyl halides is 5. The Balaban J connectivity index is 1.05. The molecule has 2 aromatic heterocycles. The summed E-state index contributed by atoms with van der Waals surface area (Å²) >= 11 is 0. The number of hydrogen-bond acceptors (Lipinski definition) is 6. The van der Waals surface area contributed by atoms with E-state index in [0.717, 1.165) is 63.1 Å². The van der Waals surface area contributed by atoms with Crippen LogP contribution in [-0.4, -0.2) is 73.1 Å². The number of ether oxygens (including phenoxy) is 1. The molecule has 1 amide bonds. The van der Waals surface area contributed by atoms with E-state index in [1.54, 1.807) is 18.3 Å². The predicted octanol–water partition coefficient (Wildman–Crippen LogP) is 7.49. The predicted molar refractivity (Wildman–Crippen MR) is 176 cm³/mol. The highest BCUT2D eigenvalue weighted by atomic mass is 19.4. The molecule has 2 N–H and O–H groups in total. The van der Waals surface area contributed by atoms with Crippen molar-refractivity contribution in [2.24, 2.45) is 17.8 Å². The van der Waals surface area contributed by atoms with E-state index in [4.69, 9.17) is 4.74 Å². The highest BCUT2D eigenvalue weighted by Crippen LogP contribution is 2.51. The first kappa shape index (κ1) is 34.3. The zero-order chi connectivity index (χ0) is 35.9. The summed E-state index contributed by atoms with van der Waals surface area (Å²) in [4.78, 5) is 36.2. The molecule has 1 aliphatic heterocycles. The largest absolute Gasteiger partial charge is 0.490 e. The zero-order valence-corrected chi connectivity index (χ0v) is 28.4. The lowest BCUT2D eigenvalue weighted by atomic mass is 9.76. The van der Waals surface area contributed by atoms with Gasteiger partial charge in [-0.3, -0.25) is 9.69 Å². The van der Waals surface area contributed by atoms with Gasteiger partial charge >= 0.3 is 12.1 Å². The van der Waals surface area contributed by atoms with Crippen LogP contribution in [0, 0.1) is 17.8 Å². The molecule has 14 heteroatoms. The molecule has 9 nitrogen and oxygen atoms in total. The molecule has 4 unspecified atom stereocenters. The van der Waals surface area contributed by atoms with Crippen molar-refractivity contribution in [3.63, 3.8) is 0 Å². The van der Waals surface area contributed by atoms with Crippen LogP contribution in [0.5, 0.6) is 5.75 Å². The summed E-state index contributed by atoms with van der Waals surface area (Å²) in [5.74, 6) is -4.50. The van der Waals surface area contributed by atoms with Crippen molar-refractivity contribution >= 4 is 22.8 Å². The van der Waals surface area contributed by atoms with E-state index in [0.29, 0.717) is 35.5 Å². The van der Waals surface area contributed by atoms with Crippen LogP contribution in [0.3, 0.4) is 0 Å². The lowest BCUT2D eigenvalue weighted by Crippen LogP contribution is -2.60. The number of amides is 1. The molecule has 274 valence electrons. The Kier molecular flexibility index (Phi) is 8.34. The van der Waals surface area contributed by atoms with Crippen molar-refractivity contribution < 1.29 is 41.4 Å². The molecular weight excluding hydrogens is 673 g/mol. The summed E-state index contributed by atoms with van der Waals surface area (Å²) < 4.78 is 78.9.